The van der Waals surface area contributed by atoms with E-state index in [9.17, 15) is 9.59 Å². The van der Waals surface area contributed by atoms with Crippen LogP contribution in [0.25, 0.3) is 0 Å². The smallest absolute Gasteiger partial charge is 0.303 e. The van der Waals surface area contributed by atoms with Crippen LogP contribution in [-0.4, -0.2) is 23.6 Å². The van der Waals surface area contributed by atoms with Gasteiger partial charge in [0.05, 0.1) is 0 Å². The Bertz CT molecular complexity index is 711. The number of allylic oxidation sites excluding steroid dienone is 1. The van der Waals surface area contributed by atoms with Crippen LogP contribution < -0.4 is 0 Å². The monoisotopic (exact) mass is 388 g/mol. The predicted octanol–water partition coefficient (Wildman–Crippen LogP) is 5.20. The molecule has 4 aliphatic carbocycles. The van der Waals surface area contributed by atoms with Gasteiger partial charge in [0, 0.05) is 25.7 Å². The fourth-order valence-corrected chi connectivity index (χ4v) is 7.57. The SMILES string of the molecule is CC(=O)O[C@@H]1CC[C@H]2[C@@H]3CC=C4C[C@@](C)(OC(C)=O)CC[C@]4(C)[C@H]3CC[C@]12C. The molecular formula is C24H36O4. The van der Waals surface area contributed by atoms with Crippen LogP contribution in [0.2, 0.25) is 0 Å². The number of rotatable bonds is 2. The topological polar surface area (TPSA) is 52.6 Å². The Labute approximate surface area is 169 Å². The highest BCUT2D eigenvalue weighted by atomic mass is 16.6. The number of carbonyl (C=O) groups excluding carboxylic acids is 2. The molecule has 7 atom stereocenters. The molecule has 4 rings (SSSR count). The average molecular weight is 389 g/mol. The van der Waals surface area contributed by atoms with Gasteiger partial charge in [-0.05, 0) is 75.0 Å². The largest absolute Gasteiger partial charge is 0.462 e. The van der Waals surface area contributed by atoms with Crippen molar-refractivity contribution in [3.05, 3.63) is 11.6 Å². The molecule has 0 heterocycles. The summed E-state index contributed by atoms with van der Waals surface area (Å²) in [5, 5.41) is 0. The fourth-order valence-electron chi connectivity index (χ4n) is 7.57. The third-order valence-corrected chi connectivity index (χ3v) is 8.97. The van der Waals surface area contributed by atoms with E-state index in [-0.39, 0.29) is 34.5 Å². The van der Waals surface area contributed by atoms with Gasteiger partial charge >= 0.3 is 11.9 Å². The highest BCUT2D eigenvalue weighted by Gasteiger charge is 2.60. The zero-order valence-corrected chi connectivity index (χ0v) is 18.2. The van der Waals surface area contributed by atoms with E-state index in [2.05, 4.69) is 26.8 Å². The van der Waals surface area contributed by atoms with Crippen LogP contribution in [-0.2, 0) is 19.1 Å². The molecule has 0 amide bonds. The molecule has 0 aromatic rings. The molecule has 0 N–H and O–H groups in total. The van der Waals surface area contributed by atoms with E-state index in [1.807, 2.05) is 0 Å². The molecule has 0 aliphatic heterocycles. The molecule has 4 aliphatic rings. The molecule has 156 valence electrons. The molecule has 0 radical (unpaired) electrons. The summed E-state index contributed by atoms with van der Waals surface area (Å²) in [5.41, 5.74) is 1.53. The Balaban J connectivity index is 1.58. The highest BCUT2D eigenvalue weighted by Crippen LogP contribution is 2.66. The average Bonchev–Trinajstić information content (AvgIpc) is 2.91. The zero-order valence-electron chi connectivity index (χ0n) is 18.2. The first-order valence-corrected chi connectivity index (χ1v) is 11.1. The minimum atomic E-state index is -0.346. The lowest BCUT2D eigenvalue weighted by Gasteiger charge is -2.58. The van der Waals surface area contributed by atoms with Crippen LogP contribution in [0.5, 0.6) is 0 Å². The first kappa shape index (κ1) is 20.0. The normalized spacial score (nSPS) is 47.2. The van der Waals surface area contributed by atoms with E-state index in [0.717, 1.165) is 38.5 Å². The zero-order chi connectivity index (χ0) is 20.3. The Morgan fingerprint density at radius 3 is 2.39 bits per heavy atom. The van der Waals surface area contributed by atoms with E-state index in [4.69, 9.17) is 9.47 Å². The summed E-state index contributed by atoms with van der Waals surface area (Å²) in [5.74, 6) is 1.72. The summed E-state index contributed by atoms with van der Waals surface area (Å²) in [4.78, 5) is 23.2. The lowest BCUT2D eigenvalue weighted by atomic mass is 9.47. The molecule has 0 bridgehead atoms. The number of hydrogen-bond acceptors (Lipinski definition) is 4. The van der Waals surface area contributed by atoms with Crippen LogP contribution >= 0.6 is 0 Å². The second-order valence-electron chi connectivity index (χ2n) is 10.7. The van der Waals surface area contributed by atoms with Crippen molar-refractivity contribution in [1.29, 1.82) is 0 Å². The maximum atomic E-state index is 11.6. The fraction of sp³-hybridized carbons (Fsp3) is 0.833. The van der Waals surface area contributed by atoms with Crippen LogP contribution in [0.4, 0.5) is 0 Å². The number of esters is 2. The van der Waals surface area contributed by atoms with Gasteiger partial charge in [-0.2, -0.15) is 0 Å². The predicted molar refractivity (Wildman–Crippen MR) is 107 cm³/mol. The van der Waals surface area contributed by atoms with Gasteiger partial charge in [0.15, 0.2) is 0 Å². The van der Waals surface area contributed by atoms with E-state index in [0.29, 0.717) is 17.8 Å². The lowest BCUT2D eigenvalue weighted by Crippen LogP contribution is -2.53. The maximum Gasteiger partial charge on any atom is 0.303 e. The van der Waals surface area contributed by atoms with Crippen molar-refractivity contribution in [2.45, 2.75) is 97.7 Å². The molecule has 3 saturated carbocycles. The Morgan fingerprint density at radius 2 is 1.71 bits per heavy atom. The third-order valence-electron chi connectivity index (χ3n) is 8.97. The standard InChI is InChI=1S/C24H36O4/c1-15(25)27-21-9-8-19-18-7-6-17-14-22(3,28-16(2)26)12-13-23(17,4)20(18)10-11-24(19,21)5/h6,18-21H,7-14H2,1-5H3/t18-,19-,20-,21+,22-,23-,24-/m0/s1. The second kappa shape index (κ2) is 6.60. The molecule has 0 aromatic heterocycles. The summed E-state index contributed by atoms with van der Waals surface area (Å²) < 4.78 is 11.5. The van der Waals surface area contributed by atoms with Crippen molar-refractivity contribution in [3.8, 4) is 0 Å². The lowest BCUT2D eigenvalue weighted by molar-refractivity contribution is -0.161. The Hall–Kier alpha value is -1.32. The highest BCUT2D eigenvalue weighted by molar-refractivity contribution is 5.66. The van der Waals surface area contributed by atoms with Crippen LogP contribution in [0.3, 0.4) is 0 Å². The molecule has 28 heavy (non-hydrogen) atoms. The van der Waals surface area contributed by atoms with Crippen molar-refractivity contribution >= 4 is 11.9 Å². The van der Waals surface area contributed by atoms with Crippen LogP contribution in [0.1, 0.15) is 86.0 Å². The van der Waals surface area contributed by atoms with Crippen molar-refractivity contribution in [1.82, 2.24) is 0 Å². The van der Waals surface area contributed by atoms with Gasteiger partial charge in [-0.15, -0.1) is 0 Å². The van der Waals surface area contributed by atoms with Gasteiger partial charge in [-0.1, -0.05) is 25.5 Å². The third kappa shape index (κ3) is 3.02. The van der Waals surface area contributed by atoms with Gasteiger partial charge in [-0.3, -0.25) is 9.59 Å². The summed E-state index contributed by atoms with van der Waals surface area (Å²) >= 11 is 0. The quantitative estimate of drug-likeness (QED) is 0.482. The number of fused-ring (bicyclic) bond motifs is 5. The van der Waals surface area contributed by atoms with Crippen molar-refractivity contribution in [3.63, 3.8) is 0 Å². The van der Waals surface area contributed by atoms with E-state index >= 15 is 0 Å². The summed E-state index contributed by atoms with van der Waals surface area (Å²) in [6.07, 6.45) is 11.2. The van der Waals surface area contributed by atoms with E-state index in [1.54, 1.807) is 6.92 Å². The molecular weight excluding hydrogens is 352 g/mol. The van der Waals surface area contributed by atoms with Crippen LogP contribution in [0, 0.1) is 28.6 Å². The summed E-state index contributed by atoms with van der Waals surface area (Å²) in [7, 11) is 0. The second-order valence-corrected chi connectivity index (χ2v) is 10.7. The van der Waals surface area contributed by atoms with Gasteiger partial charge in [-0.25, -0.2) is 0 Å². The van der Waals surface area contributed by atoms with E-state index < -0.39 is 0 Å². The minimum absolute atomic E-state index is 0.0905. The summed E-state index contributed by atoms with van der Waals surface area (Å²) in [6, 6.07) is 0. The molecule has 0 saturated heterocycles. The number of carbonyl (C=O) groups is 2. The van der Waals surface area contributed by atoms with Crippen molar-refractivity contribution < 1.29 is 19.1 Å². The Kier molecular flexibility index (Phi) is 4.71. The maximum absolute atomic E-state index is 11.6. The van der Waals surface area contributed by atoms with Gasteiger partial charge in [0.1, 0.15) is 11.7 Å². The molecule has 0 aromatic carbocycles. The minimum Gasteiger partial charge on any atom is -0.462 e. The van der Waals surface area contributed by atoms with Crippen LogP contribution in [0.15, 0.2) is 11.6 Å². The molecule has 0 unspecified atom stereocenters. The first-order valence-electron chi connectivity index (χ1n) is 11.1. The van der Waals surface area contributed by atoms with Gasteiger partial charge in [0.2, 0.25) is 0 Å². The number of hydrogen-bond donors (Lipinski definition) is 0. The number of ether oxygens (including phenoxy) is 2. The molecule has 3 fully saturated rings. The Morgan fingerprint density at radius 1 is 0.964 bits per heavy atom. The van der Waals surface area contributed by atoms with Crippen molar-refractivity contribution in [2.24, 2.45) is 28.6 Å². The molecule has 0 spiro atoms. The first-order chi connectivity index (χ1) is 13.1. The summed E-state index contributed by atoms with van der Waals surface area (Å²) in [6.45, 7) is 9.99. The molecule has 4 nitrogen and oxygen atoms in total. The molecule has 4 heteroatoms. The van der Waals surface area contributed by atoms with Crippen molar-refractivity contribution in [2.75, 3.05) is 0 Å². The van der Waals surface area contributed by atoms with Gasteiger partial charge in [0.25, 0.3) is 0 Å². The van der Waals surface area contributed by atoms with Gasteiger partial charge < -0.3 is 9.47 Å². The van der Waals surface area contributed by atoms with E-state index in [1.165, 1.54) is 25.3 Å².